The van der Waals surface area contributed by atoms with Crippen LogP contribution in [0.15, 0.2) is 35.1 Å². The van der Waals surface area contributed by atoms with E-state index in [-0.39, 0.29) is 0 Å². The van der Waals surface area contributed by atoms with E-state index in [2.05, 4.69) is 6.58 Å². The summed E-state index contributed by atoms with van der Waals surface area (Å²) in [7, 11) is -3.94. The van der Waals surface area contributed by atoms with Crippen LogP contribution in [0.2, 0.25) is 0 Å². The van der Waals surface area contributed by atoms with Crippen molar-refractivity contribution in [3.8, 4) is 0 Å². The van der Waals surface area contributed by atoms with Crippen molar-refractivity contribution < 1.29 is 17.7 Å². The van der Waals surface area contributed by atoms with Gasteiger partial charge >= 0.3 is 0 Å². The molecule has 0 unspecified atom stereocenters. The lowest BCUT2D eigenvalue weighted by Gasteiger charge is -2.00. The summed E-state index contributed by atoms with van der Waals surface area (Å²) < 4.78 is 35.3. The van der Waals surface area contributed by atoms with Crippen LogP contribution in [0.5, 0.6) is 0 Å². The predicted molar refractivity (Wildman–Crippen MR) is 50.4 cm³/mol. The zero-order valence-electron chi connectivity index (χ0n) is 7.38. The van der Waals surface area contributed by atoms with Crippen molar-refractivity contribution in [2.45, 2.75) is 4.90 Å². The van der Waals surface area contributed by atoms with Gasteiger partial charge in [-0.1, -0.05) is 6.58 Å². The molecular formula is C8H6FNO4S. The van der Waals surface area contributed by atoms with Crippen LogP contribution in [0.3, 0.4) is 0 Å². The fourth-order valence-electron chi connectivity index (χ4n) is 0.964. The summed E-state index contributed by atoms with van der Waals surface area (Å²) in [6, 6.07) is 2.23. The van der Waals surface area contributed by atoms with Gasteiger partial charge in [0, 0.05) is 5.41 Å². The Morgan fingerprint density at radius 1 is 1.47 bits per heavy atom. The quantitative estimate of drug-likeness (QED) is 0.450. The summed E-state index contributed by atoms with van der Waals surface area (Å²) in [6.07, 6.45) is 0. The van der Waals surface area contributed by atoms with Crippen molar-refractivity contribution in [1.29, 1.82) is 0 Å². The predicted octanol–water partition coefficient (Wildman–Crippen LogP) is 1.65. The molecule has 1 rings (SSSR count). The van der Waals surface area contributed by atoms with Crippen LogP contribution in [-0.2, 0) is 9.84 Å². The van der Waals surface area contributed by atoms with E-state index < -0.39 is 31.2 Å². The first-order chi connectivity index (χ1) is 6.88. The molecule has 0 N–H and O–H groups in total. The van der Waals surface area contributed by atoms with Gasteiger partial charge in [-0.25, -0.2) is 12.8 Å². The molecule has 0 aliphatic rings. The lowest BCUT2D eigenvalue weighted by Crippen LogP contribution is -2.02. The van der Waals surface area contributed by atoms with Gasteiger partial charge in [0.25, 0.3) is 5.69 Å². The fourth-order valence-corrected chi connectivity index (χ4v) is 1.83. The molecule has 1 aromatic rings. The summed E-state index contributed by atoms with van der Waals surface area (Å²) in [4.78, 5) is 8.95. The van der Waals surface area contributed by atoms with E-state index in [9.17, 15) is 22.9 Å². The Balaban J connectivity index is 3.56. The summed E-state index contributed by atoms with van der Waals surface area (Å²) in [5.41, 5.74) is -0.796. The Bertz CT molecular complexity index is 523. The van der Waals surface area contributed by atoms with Crippen LogP contribution >= 0.6 is 0 Å². The molecule has 0 amide bonds. The summed E-state index contributed by atoms with van der Waals surface area (Å²) >= 11 is 0. The fraction of sp³-hybridized carbons (Fsp3) is 0. The highest BCUT2D eigenvalue weighted by molar-refractivity contribution is 7.94. The largest absolute Gasteiger partial charge is 0.291 e. The van der Waals surface area contributed by atoms with E-state index in [1.165, 1.54) is 0 Å². The molecule has 1 aromatic carbocycles. The molecule has 0 fully saturated rings. The maximum Gasteiger partial charge on any atom is 0.291 e. The number of nitro groups is 1. The highest BCUT2D eigenvalue weighted by Crippen LogP contribution is 2.25. The van der Waals surface area contributed by atoms with Crippen molar-refractivity contribution in [2.75, 3.05) is 0 Å². The van der Waals surface area contributed by atoms with Gasteiger partial charge < -0.3 is 0 Å². The summed E-state index contributed by atoms with van der Waals surface area (Å²) in [5, 5.41) is 11.1. The van der Waals surface area contributed by atoms with Crippen LogP contribution in [0.25, 0.3) is 0 Å². The van der Waals surface area contributed by atoms with E-state index in [0.717, 1.165) is 12.1 Å². The molecule has 0 aliphatic heterocycles. The number of halogens is 1. The molecule has 0 aliphatic carbocycles. The second-order valence-electron chi connectivity index (χ2n) is 2.58. The first kappa shape index (κ1) is 11.3. The van der Waals surface area contributed by atoms with Crippen LogP contribution in [0.4, 0.5) is 10.1 Å². The number of nitrogens with zero attached hydrogens (tertiary/aromatic N) is 1. The molecule has 5 nitrogen and oxygen atoms in total. The van der Waals surface area contributed by atoms with Crippen molar-refractivity contribution in [3.05, 3.63) is 46.1 Å². The van der Waals surface area contributed by atoms with E-state index in [1.807, 2.05) is 0 Å². The normalized spacial score (nSPS) is 11.0. The monoisotopic (exact) mass is 231 g/mol. The topological polar surface area (TPSA) is 77.3 Å². The molecule has 0 saturated heterocycles. The molecular weight excluding hydrogens is 225 g/mol. The number of hydrogen-bond donors (Lipinski definition) is 0. The maximum absolute atomic E-state index is 12.7. The van der Waals surface area contributed by atoms with Crippen LogP contribution in [-0.4, -0.2) is 13.3 Å². The molecule has 0 radical (unpaired) electrons. The third kappa shape index (κ3) is 2.18. The van der Waals surface area contributed by atoms with Gasteiger partial charge in [-0.3, -0.25) is 10.1 Å². The Labute approximate surface area is 84.9 Å². The standard InChI is InChI=1S/C8H6FNO4S/c1-2-15(13,14)8-4-3-6(9)5-7(8)10(11)12/h2-5H,1H2. The van der Waals surface area contributed by atoms with Gasteiger partial charge in [0.15, 0.2) is 0 Å². The Hall–Kier alpha value is -1.76. The molecule has 0 saturated carbocycles. The molecule has 0 spiro atoms. The third-order valence-electron chi connectivity index (χ3n) is 1.64. The van der Waals surface area contributed by atoms with E-state index in [1.54, 1.807) is 0 Å². The number of hydrogen-bond acceptors (Lipinski definition) is 4. The second kappa shape index (κ2) is 3.77. The third-order valence-corrected chi connectivity index (χ3v) is 3.04. The molecule has 0 bridgehead atoms. The minimum atomic E-state index is -3.94. The van der Waals surface area contributed by atoms with Gasteiger partial charge in [-0.2, -0.15) is 0 Å². The van der Waals surface area contributed by atoms with Crippen molar-refractivity contribution in [3.63, 3.8) is 0 Å². The minimum absolute atomic E-state index is 0.552. The molecule has 15 heavy (non-hydrogen) atoms. The smallest absolute Gasteiger partial charge is 0.258 e. The average Bonchev–Trinajstić information content (AvgIpc) is 2.17. The number of benzene rings is 1. The average molecular weight is 231 g/mol. The molecule has 7 heteroatoms. The van der Waals surface area contributed by atoms with Gasteiger partial charge in [-0.15, -0.1) is 0 Å². The highest BCUT2D eigenvalue weighted by atomic mass is 32.2. The first-order valence-electron chi connectivity index (χ1n) is 3.70. The van der Waals surface area contributed by atoms with Crippen LogP contribution < -0.4 is 0 Å². The van der Waals surface area contributed by atoms with Crippen LogP contribution in [0.1, 0.15) is 0 Å². The van der Waals surface area contributed by atoms with Gasteiger partial charge in [0.05, 0.1) is 11.0 Å². The lowest BCUT2D eigenvalue weighted by atomic mass is 10.3. The number of sulfone groups is 1. The number of rotatable bonds is 3. The van der Waals surface area contributed by atoms with E-state index >= 15 is 0 Å². The maximum atomic E-state index is 12.7. The minimum Gasteiger partial charge on any atom is -0.258 e. The lowest BCUT2D eigenvalue weighted by molar-refractivity contribution is -0.388. The van der Waals surface area contributed by atoms with Crippen molar-refractivity contribution >= 4 is 15.5 Å². The molecule has 0 heterocycles. The van der Waals surface area contributed by atoms with Crippen molar-refractivity contribution in [2.24, 2.45) is 0 Å². The van der Waals surface area contributed by atoms with Gasteiger partial charge in [0.1, 0.15) is 10.7 Å². The Morgan fingerprint density at radius 3 is 2.53 bits per heavy atom. The van der Waals surface area contributed by atoms with E-state index in [4.69, 9.17) is 0 Å². The first-order valence-corrected chi connectivity index (χ1v) is 5.24. The summed E-state index contributed by atoms with van der Waals surface area (Å²) in [6.45, 7) is 3.03. The second-order valence-corrected chi connectivity index (χ2v) is 4.44. The molecule has 0 atom stereocenters. The molecule has 0 aromatic heterocycles. The molecule has 80 valence electrons. The van der Waals surface area contributed by atoms with E-state index in [0.29, 0.717) is 11.5 Å². The zero-order valence-corrected chi connectivity index (χ0v) is 8.20. The zero-order chi connectivity index (χ0) is 11.6. The highest BCUT2D eigenvalue weighted by Gasteiger charge is 2.23. The van der Waals surface area contributed by atoms with Crippen molar-refractivity contribution in [1.82, 2.24) is 0 Å². The van der Waals surface area contributed by atoms with Crippen LogP contribution in [0, 0.1) is 15.9 Å². The Kier molecular flexibility index (Phi) is 2.85. The Morgan fingerprint density at radius 2 is 2.07 bits per heavy atom. The van der Waals surface area contributed by atoms with Gasteiger partial charge in [-0.05, 0) is 12.1 Å². The summed E-state index contributed by atoms with van der Waals surface area (Å²) in [5.74, 6) is -0.871. The number of nitro benzene ring substituents is 1. The SMILES string of the molecule is C=CS(=O)(=O)c1ccc(F)cc1[N+](=O)[O-]. The van der Waals surface area contributed by atoms with Gasteiger partial charge in [0.2, 0.25) is 9.84 Å².